The highest BCUT2D eigenvalue weighted by molar-refractivity contribution is 7.66. The predicted octanol–water partition coefficient (Wildman–Crippen LogP) is 2.95. The van der Waals surface area contributed by atoms with Crippen molar-refractivity contribution in [2.75, 3.05) is 6.61 Å². The van der Waals surface area contributed by atoms with Gasteiger partial charge in [0.2, 0.25) is 0 Å². The maximum atomic E-state index is 11.8. The fourth-order valence-electron chi connectivity index (χ4n) is 4.35. The van der Waals surface area contributed by atoms with Crippen LogP contribution in [0.3, 0.4) is 0 Å². The van der Waals surface area contributed by atoms with E-state index in [1.807, 2.05) is 6.92 Å². The van der Waals surface area contributed by atoms with Crippen LogP contribution in [0.4, 0.5) is 0 Å². The molecule has 3 aliphatic rings. The fraction of sp³-hybridized carbons (Fsp3) is 1.00. The van der Waals surface area contributed by atoms with Crippen LogP contribution in [-0.4, -0.2) is 38.4 Å². The summed E-state index contributed by atoms with van der Waals surface area (Å²) < 4.78 is 52.0. The maximum absolute atomic E-state index is 11.8. The summed E-state index contributed by atoms with van der Waals surface area (Å²) in [5.74, 6) is 2.01. The maximum Gasteiger partial charge on any atom is 0.490 e. The minimum Gasteiger partial charge on any atom is -0.372 e. The second-order valence-corrected chi connectivity index (χ2v) is 12.3. The SMILES string of the molecule is CC1C[C@@H](C2CC[C@H]2C2CCC2)O[C@@H]1COP(=O)(O)OP(=O)(O)OP(=O)(O)O. The van der Waals surface area contributed by atoms with E-state index in [0.29, 0.717) is 11.8 Å². The zero-order valence-electron chi connectivity index (χ0n) is 15.4. The van der Waals surface area contributed by atoms with Gasteiger partial charge in [-0.15, -0.1) is 0 Å². The molecular formula is C14H27O11P3. The quantitative estimate of drug-likeness (QED) is 0.370. The van der Waals surface area contributed by atoms with Gasteiger partial charge in [0, 0.05) is 0 Å². The first-order valence-corrected chi connectivity index (χ1v) is 13.8. The van der Waals surface area contributed by atoms with Gasteiger partial charge in [-0.3, -0.25) is 4.52 Å². The van der Waals surface area contributed by atoms with Gasteiger partial charge in [-0.2, -0.15) is 8.62 Å². The molecule has 3 rings (SSSR count). The molecule has 1 heterocycles. The molecule has 4 N–H and O–H groups in total. The summed E-state index contributed by atoms with van der Waals surface area (Å²) in [6.45, 7) is 1.57. The van der Waals surface area contributed by atoms with E-state index >= 15 is 0 Å². The molecule has 2 aliphatic carbocycles. The Morgan fingerprint density at radius 3 is 2.07 bits per heavy atom. The molecule has 0 aromatic rings. The lowest BCUT2D eigenvalue weighted by Crippen LogP contribution is -2.42. The molecule has 7 atom stereocenters. The highest BCUT2D eigenvalue weighted by Crippen LogP contribution is 2.66. The first kappa shape index (κ1) is 23.0. The first-order valence-electron chi connectivity index (χ1n) is 9.29. The van der Waals surface area contributed by atoms with Gasteiger partial charge in [0.1, 0.15) is 0 Å². The normalized spacial score (nSPS) is 38.2. The van der Waals surface area contributed by atoms with E-state index in [-0.39, 0.29) is 18.6 Å². The van der Waals surface area contributed by atoms with Gasteiger partial charge < -0.3 is 24.3 Å². The standard InChI is InChI=1S/C14H27O11P3/c1-9-7-13(12-6-5-11(12)10-3-2-4-10)23-14(9)8-22-27(18,19)25-28(20,21)24-26(15,16)17/h9-14H,2-8H2,1H3,(H,18,19)(H,20,21)(H2,15,16,17)/t9?,11-,12?,13-,14+/m0/s1. The summed E-state index contributed by atoms with van der Waals surface area (Å²) in [7, 11) is -16.0. The van der Waals surface area contributed by atoms with Crippen LogP contribution in [0.2, 0.25) is 0 Å². The number of hydrogen-bond donors (Lipinski definition) is 4. The average molecular weight is 464 g/mol. The van der Waals surface area contributed by atoms with Crippen molar-refractivity contribution in [1.82, 2.24) is 0 Å². The minimum atomic E-state index is -5.49. The lowest BCUT2D eigenvalue weighted by atomic mass is 9.59. The van der Waals surface area contributed by atoms with Gasteiger partial charge in [-0.1, -0.05) is 26.2 Å². The van der Waals surface area contributed by atoms with Crippen LogP contribution in [0.5, 0.6) is 0 Å². The number of ether oxygens (including phenoxy) is 1. The minimum absolute atomic E-state index is 0.0555. The average Bonchev–Trinajstić information content (AvgIpc) is 2.75. The molecule has 2 saturated carbocycles. The van der Waals surface area contributed by atoms with Gasteiger partial charge >= 0.3 is 23.5 Å². The molecule has 14 heteroatoms. The molecule has 4 unspecified atom stereocenters. The zero-order valence-corrected chi connectivity index (χ0v) is 18.1. The van der Waals surface area contributed by atoms with Crippen molar-refractivity contribution in [3.63, 3.8) is 0 Å². The second kappa shape index (κ2) is 8.48. The Morgan fingerprint density at radius 1 is 0.929 bits per heavy atom. The van der Waals surface area contributed by atoms with Gasteiger partial charge in [0.05, 0.1) is 18.8 Å². The number of rotatable bonds is 9. The van der Waals surface area contributed by atoms with E-state index < -0.39 is 29.6 Å². The molecule has 3 fully saturated rings. The van der Waals surface area contributed by atoms with Crippen molar-refractivity contribution < 1.29 is 51.2 Å². The second-order valence-electron chi connectivity index (χ2n) is 7.91. The van der Waals surface area contributed by atoms with E-state index in [1.165, 1.54) is 25.7 Å². The van der Waals surface area contributed by atoms with E-state index in [1.54, 1.807) is 0 Å². The highest BCUT2D eigenvalue weighted by Gasteiger charge is 2.48. The van der Waals surface area contributed by atoms with Gasteiger partial charge in [0.15, 0.2) is 0 Å². The van der Waals surface area contributed by atoms with Crippen LogP contribution in [0.15, 0.2) is 0 Å². The van der Waals surface area contributed by atoms with Gasteiger partial charge in [-0.25, -0.2) is 13.7 Å². The van der Waals surface area contributed by atoms with Crippen LogP contribution < -0.4 is 0 Å². The zero-order chi connectivity index (χ0) is 20.7. The van der Waals surface area contributed by atoms with Crippen molar-refractivity contribution in [2.45, 2.75) is 57.7 Å². The molecule has 0 aromatic carbocycles. The van der Waals surface area contributed by atoms with Crippen LogP contribution in [0.1, 0.15) is 45.4 Å². The molecule has 1 saturated heterocycles. The summed E-state index contributed by atoms with van der Waals surface area (Å²) in [6.07, 6.45) is 6.55. The Morgan fingerprint density at radius 2 is 1.57 bits per heavy atom. The highest BCUT2D eigenvalue weighted by atomic mass is 31.3. The molecule has 164 valence electrons. The third-order valence-electron chi connectivity index (χ3n) is 6.02. The molecule has 0 amide bonds. The Labute approximate surface area is 163 Å². The van der Waals surface area contributed by atoms with Crippen molar-refractivity contribution >= 4 is 23.5 Å². The Hall–Kier alpha value is 0.370. The van der Waals surface area contributed by atoms with E-state index in [2.05, 4.69) is 8.62 Å². The van der Waals surface area contributed by atoms with Crippen LogP contribution in [0.25, 0.3) is 0 Å². The van der Waals surface area contributed by atoms with E-state index in [9.17, 15) is 18.6 Å². The van der Waals surface area contributed by atoms with Crippen molar-refractivity contribution in [3.05, 3.63) is 0 Å². The smallest absolute Gasteiger partial charge is 0.372 e. The van der Waals surface area contributed by atoms with Gasteiger partial charge in [0.25, 0.3) is 0 Å². The Balaban J connectivity index is 1.49. The van der Waals surface area contributed by atoms with Crippen LogP contribution >= 0.6 is 23.5 Å². The van der Waals surface area contributed by atoms with Crippen molar-refractivity contribution in [3.8, 4) is 0 Å². The predicted molar refractivity (Wildman–Crippen MR) is 95.8 cm³/mol. The lowest BCUT2D eigenvalue weighted by molar-refractivity contribution is -0.0779. The third kappa shape index (κ3) is 5.96. The van der Waals surface area contributed by atoms with Crippen LogP contribution in [-0.2, 0) is 31.6 Å². The molecule has 0 spiro atoms. The number of phosphoric acid groups is 3. The van der Waals surface area contributed by atoms with Gasteiger partial charge in [-0.05, 0) is 42.9 Å². The summed E-state index contributed by atoms with van der Waals surface area (Å²) in [6, 6.07) is 0. The van der Waals surface area contributed by atoms with E-state index in [4.69, 9.17) is 23.9 Å². The summed E-state index contributed by atoms with van der Waals surface area (Å²) >= 11 is 0. The van der Waals surface area contributed by atoms with Crippen molar-refractivity contribution in [2.24, 2.45) is 23.7 Å². The summed E-state index contributed by atoms with van der Waals surface area (Å²) in [5, 5.41) is 0. The Kier molecular flexibility index (Phi) is 6.98. The molecule has 11 nitrogen and oxygen atoms in total. The largest absolute Gasteiger partial charge is 0.490 e. The summed E-state index contributed by atoms with van der Waals surface area (Å²) in [4.78, 5) is 35.8. The van der Waals surface area contributed by atoms with Crippen LogP contribution in [0, 0.1) is 23.7 Å². The molecule has 0 bridgehead atoms. The molecule has 28 heavy (non-hydrogen) atoms. The Bertz CT molecular complexity index is 705. The fourth-order valence-corrected chi connectivity index (χ4v) is 7.38. The third-order valence-corrected chi connectivity index (χ3v) is 9.82. The lowest BCUT2D eigenvalue weighted by Gasteiger charge is -2.48. The van der Waals surface area contributed by atoms with E-state index in [0.717, 1.165) is 18.8 Å². The molecule has 0 aromatic heterocycles. The molecule has 0 radical (unpaired) electrons. The summed E-state index contributed by atoms with van der Waals surface area (Å²) in [5.41, 5.74) is 0. The number of phosphoric ester groups is 1. The van der Waals surface area contributed by atoms with Crippen molar-refractivity contribution in [1.29, 1.82) is 0 Å². The first-order chi connectivity index (χ1) is 12.9. The number of hydrogen-bond acceptors (Lipinski definition) is 7. The molecular weight excluding hydrogens is 437 g/mol. The molecule has 1 aliphatic heterocycles. The topological polar surface area (TPSA) is 169 Å². The monoisotopic (exact) mass is 464 g/mol.